The largest absolute Gasteiger partial charge is 0.360 e. The van der Waals surface area contributed by atoms with E-state index in [-0.39, 0.29) is 0 Å². The maximum absolute atomic E-state index is 4.44. The molecule has 3 aromatic heterocycles. The summed E-state index contributed by atoms with van der Waals surface area (Å²) in [6.45, 7) is 2.90. The molecule has 0 spiro atoms. The van der Waals surface area contributed by atoms with Crippen LogP contribution in [0.3, 0.4) is 0 Å². The average molecular weight is 294 g/mol. The van der Waals surface area contributed by atoms with E-state index >= 15 is 0 Å². The third-order valence-electron chi connectivity index (χ3n) is 2.20. The Hall–Kier alpha value is -1.31. The Morgan fingerprint density at radius 2 is 2.11 bits per heavy atom. The summed E-state index contributed by atoms with van der Waals surface area (Å²) in [6, 6.07) is 4.12. The summed E-state index contributed by atoms with van der Waals surface area (Å²) < 4.78 is 0. The topological polar surface area (TPSA) is 50.7 Å². The van der Waals surface area contributed by atoms with Crippen LogP contribution >= 0.6 is 34.0 Å². The lowest BCUT2D eigenvalue weighted by atomic mass is 10.5. The molecule has 0 fully saturated rings. The predicted octanol–water partition coefficient (Wildman–Crippen LogP) is 3.82. The average Bonchev–Trinajstić information content (AvgIpc) is 3.10. The lowest BCUT2D eigenvalue weighted by Crippen LogP contribution is -1.94. The van der Waals surface area contributed by atoms with Crippen LogP contribution in [0.15, 0.2) is 23.7 Å². The minimum atomic E-state index is 0.859. The molecular formula is C11H10N4S3. The Kier molecular flexibility index (Phi) is 3.35. The van der Waals surface area contributed by atoms with Crippen molar-refractivity contribution in [3.63, 3.8) is 0 Å². The van der Waals surface area contributed by atoms with Gasteiger partial charge in [-0.2, -0.15) is 0 Å². The molecule has 0 bridgehead atoms. The van der Waals surface area contributed by atoms with Gasteiger partial charge in [0.15, 0.2) is 5.01 Å². The zero-order valence-electron chi connectivity index (χ0n) is 9.58. The maximum Gasteiger partial charge on any atom is 0.206 e. The third-order valence-corrected chi connectivity index (χ3v) is 5.29. The van der Waals surface area contributed by atoms with Gasteiger partial charge < -0.3 is 5.32 Å². The lowest BCUT2D eigenvalue weighted by Gasteiger charge is -1.91. The summed E-state index contributed by atoms with van der Waals surface area (Å²) in [5.41, 5.74) is 0. The second kappa shape index (κ2) is 5.13. The predicted molar refractivity (Wildman–Crippen MR) is 78.5 cm³/mol. The molecule has 0 atom stereocenters. The summed E-state index contributed by atoms with van der Waals surface area (Å²) in [5, 5.41) is 16.3. The molecule has 92 valence electrons. The first-order valence-corrected chi connectivity index (χ1v) is 7.95. The summed E-state index contributed by atoms with van der Waals surface area (Å²) >= 11 is 4.92. The van der Waals surface area contributed by atoms with Crippen molar-refractivity contribution in [3.05, 3.63) is 23.7 Å². The fourth-order valence-corrected chi connectivity index (χ4v) is 4.00. The van der Waals surface area contributed by atoms with Crippen LogP contribution in [0.4, 0.5) is 5.13 Å². The minimum absolute atomic E-state index is 0.859. The molecule has 3 rings (SSSR count). The molecule has 4 nitrogen and oxygen atoms in total. The highest BCUT2D eigenvalue weighted by Gasteiger charge is 2.11. The standard InChI is InChI=1S/C11H10N4S3/c1-2-12-11-15-14-10(18-11)8-6-13-9(17-8)7-4-3-5-16-7/h3-6H,2H2,1H3,(H,12,15). The monoisotopic (exact) mass is 294 g/mol. The van der Waals surface area contributed by atoms with Crippen LogP contribution in [0.5, 0.6) is 0 Å². The second-order valence-corrected chi connectivity index (χ2v) is 6.41. The third kappa shape index (κ3) is 2.29. The van der Waals surface area contributed by atoms with E-state index in [2.05, 4.69) is 31.9 Å². The zero-order valence-corrected chi connectivity index (χ0v) is 12.0. The Labute approximate surface area is 116 Å². The van der Waals surface area contributed by atoms with Gasteiger partial charge in [0.05, 0.1) is 9.75 Å². The normalized spacial score (nSPS) is 10.7. The molecular weight excluding hydrogens is 284 g/mol. The molecule has 0 amide bonds. The Morgan fingerprint density at radius 3 is 2.89 bits per heavy atom. The molecule has 0 saturated carbocycles. The van der Waals surface area contributed by atoms with Gasteiger partial charge in [-0.15, -0.1) is 32.9 Å². The highest BCUT2D eigenvalue weighted by molar-refractivity contribution is 7.26. The van der Waals surface area contributed by atoms with Crippen molar-refractivity contribution in [2.24, 2.45) is 0 Å². The molecule has 1 N–H and O–H groups in total. The molecule has 0 aliphatic heterocycles. The number of hydrogen-bond donors (Lipinski definition) is 1. The van der Waals surface area contributed by atoms with E-state index in [1.165, 1.54) is 4.88 Å². The van der Waals surface area contributed by atoms with E-state index in [4.69, 9.17) is 0 Å². The van der Waals surface area contributed by atoms with Gasteiger partial charge in [-0.3, -0.25) is 0 Å². The van der Waals surface area contributed by atoms with Crippen molar-refractivity contribution >= 4 is 39.1 Å². The van der Waals surface area contributed by atoms with Gasteiger partial charge in [0.25, 0.3) is 0 Å². The number of nitrogens with one attached hydrogen (secondary N) is 1. The van der Waals surface area contributed by atoms with Gasteiger partial charge >= 0.3 is 0 Å². The van der Waals surface area contributed by atoms with Gasteiger partial charge in [0.2, 0.25) is 5.13 Å². The molecule has 7 heteroatoms. The zero-order chi connectivity index (χ0) is 12.4. The summed E-state index contributed by atoms with van der Waals surface area (Å²) in [6.07, 6.45) is 1.87. The second-order valence-electron chi connectivity index (χ2n) is 3.45. The molecule has 3 heterocycles. The Morgan fingerprint density at radius 1 is 1.17 bits per heavy atom. The number of nitrogens with zero attached hydrogens (tertiary/aromatic N) is 3. The van der Waals surface area contributed by atoms with Crippen LogP contribution in [0.2, 0.25) is 0 Å². The fourth-order valence-electron chi connectivity index (χ4n) is 1.43. The van der Waals surface area contributed by atoms with Crippen molar-refractivity contribution in [2.75, 3.05) is 11.9 Å². The van der Waals surface area contributed by atoms with E-state index in [1.54, 1.807) is 34.0 Å². The van der Waals surface area contributed by atoms with E-state index in [0.717, 1.165) is 26.6 Å². The summed E-state index contributed by atoms with van der Waals surface area (Å²) in [5.74, 6) is 0. The number of hydrogen-bond acceptors (Lipinski definition) is 7. The van der Waals surface area contributed by atoms with Crippen molar-refractivity contribution in [2.45, 2.75) is 6.92 Å². The summed E-state index contributed by atoms with van der Waals surface area (Å²) in [4.78, 5) is 6.70. The Balaban J connectivity index is 1.88. The SMILES string of the molecule is CCNc1nnc(-c2cnc(-c3cccs3)s2)s1. The molecule has 0 unspecified atom stereocenters. The highest BCUT2D eigenvalue weighted by atomic mass is 32.1. The summed E-state index contributed by atoms with van der Waals surface area (Å²) in [7, 11) is 0. The number of anilines is 1. The van der Waals surface area contributed by atoms with E-state index < -0.39 is 0 Å². The Bertz CT molecular complexity index is 626. The van der Waals surface area contributed by atoms with Gasteiger partial charge in [-0.1, -0.05) is 17.4 Å². The first kappa shape index (κ1) is 11.8. The molecule has 0 aliphatic carbocycles. The van der Waals surface area contributed by atoms with Crippen molar-refractivity contribution in [1.29, 1.82) is 0 Å². The lowest BCUT2D eigenvalue weighted by molar-refractivity contribution is 1.07. The van der Waals surface area contributed by atoms with Crippen molar-refractivity contribution in [3.8, 4) is 19.8 Å². The van der Waals surface area contributed by atoms with Crippen LogP contribution in [0, 0.1) is 0 Å². The first-order valence-electron chi connectivity index (χ1n) is 5.44. The van der Waals surface area contributed by atoms with Crippen LogP contribution < -0.4 is 5.32 Å². The number of thiophene rings is 1. The van der Waals surface area contributed by atoms with Gasteiger partial charge in [-0.05, 0) is 18.4 Å². The van der Waals surface area contributed by atoms with Crippen LogP contribution in [-0.4, -0.2) is 21.7 Å². The number of aromatic nitrogens is 3. The van der Waals surface area contributed by atoms with Gasteiger partial charge in [-0.25, -0.2) is 4.98 Å². The molecule has 0 radical (unpaired) electrons. The number of thiazole rings is 1. The van der Waals surface area contributed by atoms with E-state index in [1.807, 2.05) is 19.2 Å². The van der Waals surface area contributed by atoms with Gasteiger partial charge in [0, 0.05) is 12.7 Å². The number of rotatable bonds is 4. The van der Waals surface area contributed by atoms with Crippen molar-refractivity contribution in [1.82, 2.24) is 15.2 Å². The molecule has 0 aliphatic rings. The first-order chi connectivity index (χ1) is 8.86. The highest BCUT2D eigenvalue weighted by Crippen LogP contribution is 2.35. The van der Waals surface area contributed by atoms with E-state index in [9.17, 15) is 0 Å². The van der Waals surface area contributed by atoms with Crippen LogP contribution in [-0.2, 0) is 0 Å². The van der Waals surface area contributed by atoms with Crippen LogP contribution in [0.25, 0.3) is 19.8 Å². The van der Waals surface area contributed by atoms with Gasteiger partial charge in [0.1, 0.15) is 5.01 Å². The molecule has 0 saturated heterocycles. The fraction of sp³-hybridized carbons (Fsp3) is 0.182. The van der Waals surface area contributed by atoms with Crippen LogP contribution in [0.1, 0.15) is 6.92 Å². The molecule has 3 aromatic rings. The van der Waals surface area contributed by atoms with Crippen molar-refractivity contribution < 1.29 is 0 Å². The smallest absolute Gasteiger partial charge is 0.206 e. The molecule has 18 heavy (non-hydrogen) atoms. The maximum atomic E-state index is 4.44. The molecule has 0 aromatic carbocycles. The minimum Gasteiger partial charge on any atom is -0.360 e. The van der Waals surface area contributed by atoms with E-state index in [0.29, 0.717) is 0 Å². The quantitative estimate of drug-likeness (QED) is 0.794.